The standard InChI is InChI=1S/C4HO/c1-2-4-5-3-1/h3H. The fourth-order valence-electron chi connectivity index (χ4n) is 0.147. The summed E-state index contributed by atoms with van der Waals surface area (Å²) in [5.41, 5.74) is 0. The summed E-state index contributed by atoms with van der Waals surface area (Å²) in [4.78, 5) is 0. The van der Waals surface area contributed by atoms with Crippen molar-refractivity contribution in [1.29, 1.82) is 0 Å². The topological polar surface area (TPSA) is 13.1 Å². The number of rotatable bonds is 0. The van der Waals surface area contributed by atoms with Gasteiger partial charge in [-0.15, -0.1) is 0 Å². The van der Waals surface area contributed by atoms with Crippen LogP contribution < -0.4 is 0 Å². The van der Waals surface area contributed by atoms with Crippen LogP contribution in [0.3, 0.4) is 0 Å². The molecule has 0 aromatic carbocycles. The lowest BCUT2D eigenvalue weighted by Gasteiger charge is -1.47. The Morgan fingerprint density at radius 1 is 1.60 bits per heavy atom. The minimum Gasteiger partial charge on any atom is -0.460 e. The van der Waals surface area contributed by atoms with Gasteiger partial charge in [0.15, 0.2) is 6.26 Å². The van der Waals surface area contributed by atoms with Gasteiger partial charge < -0.3 is 4.42 Å². The first-order chi connectivity index (χ1) is 2.50. The number of hydrogen-bond donors (Lipinski definition) is 0. The predicted molar refractivity (Wildman–Crippen MR) is 15.2 cm³/mol. The van der Waals surface area contributed by atoms with Crippen molar-refractivity contribution in [2.75, 3.05) is 0 Å². The molecular weight excluding hydrogens is 64.0 g/mol. The van der Waals surface area contributed by atoms with Crippen molar-refractivity contribution in [3.63, 3.8) is 0 Å². The zero-order valence-electron chi connectivity index (χ0n) is 2.49. The third-order valence-electron chi connectivity index (χ3n) is 0.300. The Morgan fingerprint density at radius 3 is 2.80 bits per heavy atom. The van der Waals surface area contributed by atoms with Gasteiger partial charge in [0.1, 0.15) is 0 Å². The molecule has 1 heteroatoms. The maximum atomic E-state index is 4.35. The first kappa shape index (κ1) is 2.51. The summed E-state index contributed by atoms with van der Waals surface area (Å²) in [5, 5.41) is 0. The molecule has 0 spiro atoms. The highest BCUT2D eigenvalue weighted by Gasteiger charge is 1.64. The van der Waals surface area contributed by atoms with E-state index in [0.29, 0.717) is 0 Å². The molecule has 0 N–H and O–H groups in total. The zero-order valence-corrected chi connectivity index (χ0v) is 2.49. The highest BCUT2D eigenvalue weighted by molar-refractivity contribution is 4.70. The van der Waals surface area contributed by atoms with Crippen LogP contribution in [-0.4, -0.2) is 0 Å². The molecule has 0 saturated heterocycles. The van der Waals surface area contributed by atoms with Crippen molar-refractivity contribution in [2.24, 2.45) is 0 Å². The summed E-state index contributed by atoms with van der Waals surface area (Å²) in [6.45, 7) is 0. The lowest BCUT2D eigenvalue weighted by Crippen LogP contribution is -1.23. The van der Waals surface area contributed by atoms with E-state index in [4.69, 9.17) is 0 Å². The van der Waals surface area contributed by atoms with Crippen molar-refractivity contribution >= 4 is 0 Å². The molecule has 0 fully saturated rings. The maximum Gasteiger partial charge on any atom is 0.178 e. The third kappa shape index (κ3) is 0.293. The molecule has 1 aromatic heterocycles. The molecule has 0 aliphatic carbocycles. The smallest absolute Gasteiger partial charge is 0.178 e. The largest absolute Gasteiger partial charge is 0.460 e. The monoisotopic (exact) mass is 65.0 g/mol. The molecule has 1 nitrogen and oxygen atoms in total. The van der Waals surface area contributed by atoms with Crippen molar-refractivity contribution in [2.45, 2.75) is 0 Å². The average Bonchev–Trinajstić information content (AvgIpc) is 1.76. The molecule has 0 aliphatic rings. The van der Waals surface area contributed by atoms with Gasteiger partial charge in [-0.3, -0.25) is 0 Å². The first-order valence-corrected chi connectivity index (χ1v) is 1.23. The van der Waals surface area contributed by atoms with Gasteiger partial charge in [-0.2, -0.15) is 0 Å². The molecule has 1 rings (SSSR count). The summed E-state index contributed by atoms with van der Waals surface area (Å²) in [6, 6.07) is 4.96. The third-order valence-corrected chi connectivity index (χ3v) is 0.300. The Kier molecular flexibility index (Phi) is 0.468. The van der Waals surface area contributed by atoms with Crippen LogP contribution in [0.1, 0.15) is 0 Å². The van der Waals surface area contributed by atoms with Gasteiger partial charge in [0.2, 0.25) is 0 Å². The molecular formula is C4HO. The van der Waals surface area contributed by atoms with E-state index in [2.05, 4.69) is 22.8 Å². The molecule has 0 unspecified atom stereocenters. The van der Waals surface area contributed by atoms with E-state index in [1.54, 1.807) is 0 Å². The fourth-order valence-corrected chi connectivity index (χ4v) is 0.147. The normalized spacial score (nSPS) is 8.00. The van der Waals surface area contributed by atoms with E-state index in [0.717, 1.165) is 0 Å². The Balaban J connectivity index is 3.13. The SMILES string of the molecule is [c]1[c]co[c]1. The van der Waals surface area contributed by atoms with Crippen LogP contribution in [0.4, 0.5) is 0 Å². The molecule has 0 amide bonds. The molecule has 23 valence electrons. The summed E-state index contributed by atoms with van der Waals surface area (Å²) in [5.74, 6) is 0. The molecule has 1 aromatic rings. The highest BCUT2D eigenvalue weighted by Crippen LogP contribution is 1.75. The number of hydrogen-bond acceptors (Lipinski definition) is 1. The average molecular weight is 65.1 g/mol. The van der Waals surface area contributed by atoms with Crippen molar-refractivity contribution in [1.82, 2.24) is 0 Å². The lowest BCUT2D eigenvalue weighted by molar-refractivity contribution is 0.557. The van der Waals surface area contributed by atoms with Gasteiger partial charge in [-0.25, -0.2) is 0 Å². The first-order valence-electron chi connectivity index (χ1n) is 1.23. The van der Waals surface area contributed by atoms with Crippen LogP contribution in [0, 0.1) is 18.4 Å². The second kappa shape index (κ2) is 0.931. The Morgan fingerprint density at radius 2 is 2.60 bits per heavy atom. The second-order valence-electron chi connectivity index (χ2n) is 0.607. The molecule has 5 heavy (non-hydrogen) atoms. The molecule has 0 bridgehead atoms. The van der Waals surface area contributed by atoms with Gasteiger partial charge in [-0.1, -0.05) is 0 Å². The van der Waals surface area contributed by atoms with Crippen LogP contribution in [0.5, 0.6) is 0 Å². The van der Waals surface area contributed by atoms with Crippen molar-refractivity contribution in [3.8, 4) is 0 Å². The van der Waals surface area contributed by atoms with Crippen molar-refractivity contribution in [3.05, 3.63) is 24.7 Å². The predicted octanol–water partition coefficient (Wildman–Crippen LogP) is 0.680. The van der Waals surface area contributed by atoms with Gasteiger partial charge in [0.05, 0.1) is 6.26 Å². The van der Waals surface area contributed by atoms with E-state index in [1.807, 2.05) is 0 Å². The second-order valence-corrected chi connectivity index (χ2v) is 0.607. The molecule has 3 radical (unpaired) electrons. The van der Waals surface area contributed by atoms with E-state index in [9.17, 15) is 0 Å². The number of furan rings is 1. The minimum absolute atomic E-state index is 1.39. The van der Waals surface area contributed by atoms with Crippen LogP contribution in [0.2, 0.25) is 0 Å². The van der Waals surface area contributed by atoms with Gasteiger partial charge >= 0.3 is 0 Å². The van der Waals surface area contributed by atoms with Crippen LogP contribution in [-0.2, 0) is 0 Å². The Hall–Kier alpha value is -0.720. The van der Waals surface area contributed by atoms with Gasteiger partial charge in [0.25, 0.3) is 0 Å². The van der Waals surface area contributed by atoms with Crippen LogP contribution in [0.15, 0.2) is 10.7 Å². The lowest BCUT2D eigenvalue weighted by atomic mass is 10.7. The fraction of sp³-hybridized carbons (Fsp3) is 0. The molecule has 0 aliphatic heterocycles. The minimum atomic E-state index is 1.39. The van der Waals surface area contributed by atoms with Gasteiger partial charge in [0, 0.05) is 12.1 Å². The zero-order chi connectivity index (χ0) is 3.54. The highest BCUT2D eigenvalue weighted by atomic mass is 16.3. The van der Waals surface area contributed by atoms with Gasteiger partial charge in [-0.05, 0) is 0 Å². The quantitative estimate of drug-likeness (QED) is 0.433. The maximum absolute atomic E-state index is 4.35. The Bertz CT molecular complexity index is 60.1. The van der Waals surface area contributed by atoms with E-state index in [-0.39, 0.29) is 0 Å². The van der Waals surface area contributed by atoms with Crippen LogP contribution in [0.25, 0.3) is 0 Å². The summed E-state index contributed by atoms with van der Waals surface area (Å²) >= 11 is 0. The Labute approximate surface area is 30.2 Å². The molecule has 0 saturated carbocycles. The summed E-state index contributed by atoms with van der Waals surface area (Å²) < 4.78 is 4.35. The van der Waals surface area contributed by atoms with Crippen molar-refractivity contribution < 1.29 is 4.42 Å². The van der Waals surface area contributed by atoms with Crippen LogP contribution >= 0.6 is 0 Å². The summed E-state index contributed by atoms with van der Waals surface area (Å²) in [7, 11) is 0. The molecule has 1 heterocycles. The molecule has 0 atom stereocenters. The van der Waals surface area contributed by atoms with E-state index >= 15 is 0 Å². The van der Waals surface area contributed by atoms with E-state index in [1.165, 1.54) is 6.26 Å². The summed E-state index contributed by atoms with van der Waals surface area (Å²) in [6.07, 6.45) is 3.69. The van der Waals surface area contributed by atoms with E-state index < -0.39 is 0 Å².